The fourth-order valence-corrected chi connectivity index (χ4v) is 3.29. The molecule has 0 saturated heterocycles. The number of halogens is 3. The predicted molar refractivity (Wildman–Crippen MR) is 76.4 cm³/mol. The van der Waals surface area contributed by atoms with E-state index < -0.39 is 29.0 Å². The van der Waals surface area contributed by atoms with E-state index in [1.807, 2.05) is 0 Å². The Morgan fingerprint density at radius 2 is 1.86 bits per heavy atom. The Bertz CT molecular complexity index is 610. The lowest BCUT2D eigenvalue weighted by atomic mass is 10.3. The van der Waals surface area contributed by atoms with E-state index in [1.54, 1.807) is 4.72 Å². The van der Waals surface area contributed by atoms with Gasteiger partial charge in [-0.2, -0.15) is 0 Å². The summed E-state index contributed by atoms with van der Waals surface area (Å²) < 4.78 is 62.4. The summed E-state index contributed by atoms with van der Waals surface area (Å²) in [5.41, 5.74) is 4.86. The van der Waals surface area contributed by atoms with Gasteiger partial charge in [0.1, 0.15) is 16.4 Å². The number of hydrogen-bond acceptors (Lipinski definition) is 5. The minimum Gasteiger partial charge on any atom is -0.495 e. The van der Waals surface area contributed by atoms with Crippen LogP contribution >= 0.6 is 15.9 Å². The third-order valence-corrected chi connectivity index (χ3v) is 4.59. The van der Waals surface area contributed by atoms with Crippen LogP contribution in [0.2, 0.25) is 0 Å². The van der Waals surface area contributed by atoms with Crippen molar-refractivity contribution in [2.75, 3.05) is 27.3 Å². The number of ether oxygens (including phenoxy) is 2. The molecule has 120 valence electrons. The van der Waals surface area contributed by atoms with E-state index in [9.17, 15) is 17.2 Å². The molecule has 1 rings (SSSR count). The molecule has 21 heavy (non-hydrogen) atoms. The Morgan fingerprint density at radius 3 is 2.33 bits per heavy atom. The Hall–Kier alpha value is -0.970. The summed E-state index contributed by atoms with van der Waals surface area (Å²) in [6.07, 6.45) is 0. The van der Waals surface area contributed by atoms with Gasteiger partial charge in [-0.15, -0.1) is 0 Å². The van der Waals surface area contributed by atoms with Crippen molar-refractivity contribution in [2.45, 2.75) is 10.8 Å². The Kier molecular flexibility index (Phi) is 5.91. The van der Waals surface area contributed by atoms with Crippen molar-refractivity contribution in [3.63, 3.8) is 0 Å². The van der Waals surface area contributed by atoms with Crippen LogP contribution in [0.3, 0.4) is 0 Å². The van der Waals surface area contributed by atoms with E-state index >= 15 is 0 Å². The number of hydrogen-bond donors (Lipinski definition) is 2. The van der Waals surface area contributed by atoms with Crippen LogP contribution in [-0.2, 0) is 10.0 Å². The summed E-state index contributed by atoms with van der Waals surface area (Å²) in [7, 11) is -1.53. The molecule has 0 radical (unpaired) electrons. The number of rotatable bonds is 7. The monoisotopic (exact) mass is 388 g/mol. The highest BCUT2D eigenvalue weighted by molar-refractivity contribution is 9.10. The maximum atomic E-state index is 13.1. The molecule has 0 aliphatic rings. The zero-order chi connectivity index (χ0) is 16.3. The Balaban J connectivity index is 3.16. The molecule has 0 spiro atoms. The van der Waals surface area contributed by atoms with Gasteiger partial charge in [0.15, 0.2) is 0 Å². The van der Waals surface area contributed by atoms with E-state index in [4.69, 9.17) is 15.2 Å². The van der Waals surface area contributed by atoms with Crippen molar-refractivity contribution >= 4 is 26.0 Å². The predicted octanol–water partition coefficient (Wildman–Crippen LogP) is 1.34. The highest BCUT2D eigenvalue weighted by Gasteiger charge is 2.31. The van der Waals surface area contributed by atoms with Gasteiger partial charge in [0.05, 0.1) is 31.8 Å². The molecule has 0 fully saturated rings. The molecule has 0 aromatic heterocycles. The van der Waals surface area contributed by atoms with Gasteiger partial charge >= 0.3 is 0 Å². The van der Waals surface area contributed by atoms with Crippen molar-refractivity contribution in [3.05, 3.63) is 16.6 Å². The second-order valence-corrected chi connectivity index (χ2v) is 6.61. The van der Waals surface area contributed by atoms with E-state index in [2.05, 4.69) is 15.9 Å². The average Bonchev–Trinajstić information content (AvgIpc) is 2.45. The minimum atomic E-state index is -4.19. The van der Waals surface area contributed by atoms with Gasteiger partial charge in [-0.25, -0.2) is 21.9 Å². The highest BCUT2D eigenvalue weighted by atomic mass is 79.9. The van der Waals surface area contributed by atoms with Crippen LogP contribution < -0.4 is 19.9 Å². The first kappa shape index (κ1) is 18.1. The topological polar surface area (TPSA) is 90.6 Å². The molecule has 0 aliphatic carbocycles. The van der Waals surface area contributed by atoms with Crippen LogP contribution in [0.25, 0.3) is 0 Å². The lowest BCUT2D eigenvalue weighted by molar-refractivity contribution is 0.0170. The number of benzene rings is 1. The van der Waals surface area contributed by atoms with Gasteiger partial charge in [0.2, 0.25) is 10.0 Å². The quantitative estimate of drug-likeness (QED) is 0.735. The van der Waals surface area contributed by atoms with Gasteiger partial charge in [0, 0.05) is 6.07 Å². The zero-order valence-electron chi connectivity index (χ0n) is 11.3. The van der Waals surface area contributed by atoms with Gasteiger partial charge in [-0.1, -0.05) is 0 Å². The molecule has 1 aromatic carbocycles. The van der Waals surface area contributed by atoms with Crippen LogP contribution in [0.4, 0.5) is 8.78 Å². The second kappa shape index (κ2) is 6.86. The van der Waals surface area contributed by atoms with Gasteiger partial charge in [-0.05, 0) is 22.0 Å². The van der Waals surface area contributed by atoms with Crippen molar-refractivity contribution in [2.24, 2.45) is 5.73 Å². The van der Waals surface area contributed by atoms with Crippen LogP contribution in [0.1, 0.15) is 0 Å². The molecule has 0 unspecified atom stereocenters. The number of methoxy groups -OCH3 is 2. The highest BCUT2D eigenvalue weighted by Crippen LogP contribution is 2.35. The smallest absolute Gasteiger partial charge is 0.273 e. The number of nitrogens with two attached hydrogens (primary N) is 1. The maximum absolute atomic E-state index is 13.1. The largest absolute Gasteiger partial charge is 0.495 e. The van der Waals surface area contributed by atoms with Crippen molar-refractivity contribution in [1.82, 2.24) is 4.72 Å². The fraction of sp³-hybridized carbons (Fsp3) is 0.455. The zero-order valence-corrected chi connectivity index (χ0v) is 13.7. The van der Waals surface area contributed by atoms with Gasteiger partial charge in [-0.3, -0.25) is 0 Å². The van der Waals surface area contributed by atoms with Crippen LogP contribution in [-0.4, -0.2) is 41.6 Å². The number of nitrogens with one attached hydrogen (secondary N) is 1. The summed E-state index contributed by atoms with van der Waals surface area (Å²) in [6.45, 7) is -2.06. The molecular formula is C11H15BrF2N2O4S. The molecule has 0 heterocycles. The first-order chi connectivity index (χ1) is 9.66. The summed E-state index contributed by atoms with van der Waals surface area (Å²) >= 11 is 3.13. The Labute approximate surface area is 129 Å². The minimum absolute atomic E-state index is 0.0291. The average molecular weight is 389 g/mol. The molecule has 0 saturated carbocycles. The number of sulfonamides is 1. The SMILES string of the molecule is COc1cc(OC)c(S(=O)(=O)NCC(F)(F)CN)cc1Br. The molecule has 0 bridgehead atoms. The van der Waals surface area contributed by atoms with Crippen LogP contribution in [0.15, 0.2) is 21.5 Å². The first-order valence-corrected chi connectivity index (χ1v) is 7.93. The van der Waals surface area contributed by atoms with Crippen LogP contribution in [0, 0.1) is 0 Å². The number of alkyl halides is 2. The standard InChI is InChI=1S/C11H15BrF2N2O4S/c1-19-8-4-9(20-2)10(3-7(8)12)21(17,18)16-6-11(13,14)5-15/h3-4,16H,5-6,15H2,1-2H3. The van der Waals surface area contributed by atoms with Gasteiger partial charge < -0.3 is 15.2 Å². The molecule has 1 aromatic rings. The van der Waals surface area contributed by atoms with E-state index in [0.717, 1.165) is 0 Å². The van der Waals surface area contributed by atoms with Crippen molar-refractivity contribution in [1.29, 1.82) is 0 Å². The van der Waals surface area contributed by atoms with Crippen molar-refractivity contribution < 1.29 is 26.7 Å². The first-order valence-electron chi connectivity index (χ1n) is 5.66. The molecule has 0 atom stereocenters. The molecule has 3 N–H and O–H groups in total. The molecule has 10 heteroatoms. The second-order valence-electron chi connectivity index (χ2n) is 4.02. The normalized spacial score (nSPS) is 12.3. The van der Waals surface area contributed by atoms with E-state index in [-0.39, 0.29) is 10.6 Å². The summed E-state index contributed by atoms with van der Waals surface area (Å²) in [5, 5.41) is 0. The molecule has 0 aliphatic heterocycles. The molecule has 6 nitrogen and oxygen atoms in total. The lowest BCUT2D eigenvalue weighted by Gasteiger charge is -2.16. The third kappa shape index (κ3) is 4.50. The molecule has 0 amide bonds. The fourth-order valence-electron chi connectivity index (χ4n) is 1.39. The summed E-state index contributed by atoms with van der Waals surface area (Å²) in [6, 6.07) is 2.54. The third-order valence-electron chi connectivity index (χ3n) is 2.55. The summed E-state index contributed by atoms with van der Waals surface area (Å²) in [4.78, 5) is -0.287. The molecular weight excluding hydrogens is 374 g/mol. The van der Waals surface area contributed by atoms with E-state index in [0.29, 0.717) is 10.2 Å². The lowest BCUT2D eigenvalue weighted by Crippen LogP contribution is -2.41. The van der Waals surface area contributed by atoms with Crippen LogP contribution in [0.5, 0.6) is 11.5 Å². The summed E-state index contributed by atoms with van der Waals surface area (Å²) in [5.74, 6) is -3.01. The van der Waals surface area contributed by atoms with E-state index in [1.165, 1.54) is 26.4 Å². The Morgan fingerprint density at radius 1 is 1.29 bits per heavy atom. The van der Waals surface area contributed by atoms with Gasteiger partial charge in [0.25, 0.3) is 5.92 Å². The van der Waals surface area contributed by atoms with Crippen molar-refractivity contribution in [3.8, 4) is 11.5 Å². The maximum Gasteiger partial charge on any atom is 0.273 e.